The fourth-order valence-electron chi connectivity index (χ4n) is 0.875. The Hall–Kier alpha value is 1.10. The Morgan fingerprint density at radius 1 is 0.714 bits per heavy atom. The second kappa shape index (κ2) is 10.6. The molecule has 0 aliphatic rings. The van der Waals surface area contributed by atoms with Gasteiger partial charge in [0.05, 0.1) is 21.1 Å². The SMILES string of the molecule is C[N+](C)(C)c1ccccc1.[Br-].[Br-].[Br-].[Br-]. The van der Waals surface area contributed by atoms with Crippen molar-refractivity contribution in [1.82, 2.24) is 4.48 Å². The normalized spacial score (nSPS) is 8.21. The lowest BCUT2D eigenvalue weighted by atomic mass is 10.3. The van der Waals surface area contributed by atoms with Crippen molar-refractivity contribution in [3.8, 4) is 0 Å². The lowest BCUT2D eigenvalue weighted by Crippen LogP contribution is -3.00. The first-order valence-corrected chi connectivity index (χ1v) is 3.48. The van der Waals surface area contributed by atoms with Gasteiger partial charge in [0.25, 0.3) is 0 Å². The molecule has 0 N–H and O–H groups in total. The number of benzene rings is 1. The molecule has 0 bridgehead atoms. The minimum atomic E-state index is 0. The van der Waals surface area contributed by atoms with Crippen LogP contribution in [0.2, 0.25) is 0 Å². The molecule has 14 heavy (non-hydrogen) atoms. The maximum atomic E-state index is 2.16. The maximum Gasteiger partial charge on any atom is 0.132 e. The molecule has 1 nitrogen and oxygen atoms in total. The van der Waals surface area contributed by atoms with Crippen LogP contribution in [-0.2, 0) is 0 Å². The zero-order valence-electron chi connectivity index (χ0n) is 8.35. The van der Waals surface area contributed by atoms with Gasteiger partial charge in [-0.25, -0.2) is 0 Å². The van der Waals surface area contributed by atoms with Gasteiger partial charge >= 0.3 is 0 Å². The minimum absolute atomic E-state index is 0. The van der Waals surface area contributed by atoms with Gasteiger partial charge in [-0.05, 0) is 12.1 Å². The van der Waals surface area contributed by atoms with Crippen LogP contribution in [0.1, 0.15) is 0 Å². The molecule has 0 unspecified atom stereocenters. The van der Waals surface area contributed by atoms with Gasteiger partial charge < -0.3 is 67.9 Å². The first-order chi connectivity index (χ1) is 4.61. The molecule has 86 valence electrons. The van der Waals surface area contributed by atoms with Crippen molar-refractivity contribution in [1.29, 1.82) is 0 Å². The third-order valence-corrected chi connectivity index (χ3v) is 1.53. The Morgan fingerprint density at radius 2 is 1.07 bits per heavy atom. The molecule has 1 aromatic carbocycles. The molecule has 1 rings (SSSR count). The van der Waals surface area contributed by atoms with Crippen molar-refractivity contribution in [2.75, 3.05) is 21.1 Å². The van der Waals surface area contributed by atoms with E-state index in [0.717, 1.165) is 4.48 Å². The summed E-state index contributed by atoms with van der Waals surface area (Å²) >= 11 is 0. The Balaban J connectivity index is -0.000000125. The molecule has 0 saturated carbocycles. The number of quaternary nitrogens is 1. The fourth-order valence-corrected chi connectivity index (χ4v) is 0.875. The van der Waals surface area contributed by atoms with Gasteiger partial charge in [0, 0.05) is 0 Å². The highest BCUT2D eigenvalue weighted by Crippen LogP contribution is 2.14. The van der Waals surface area contributed by atoms with Crippen molar-refractivity contribution in [2.24, 2.45) is 0 Å². The van der Waals surface area contributed by atoms with E-state index in [4.69, 9.17) is 0 Å². The van der Waals surface area contributed by atoms with E-state index >= 15 is 0 Å². The molecule has 0 saturated heterocycles. The van der Waals surface area contributed by atoms with Gasteiger partial charge in [0.15, 0.2) is 0 Å². The van der Waals surface area contributed by atoms with Gasteiger partial charge in [-0.1, -0.05) is 18.2 Å². The second-order valence-corrected chi connectivity index (χ2v) is 3.35. The predicted molar refractivity (Wildman–Crippen MR) is 46.0 cm³/mol. The van der Waals surface area contributed by atoms with Crippen LogP contribution in [0.5, 0.6) is 0 Å². The number of hydrogen-bond acceptors (Lipinski definition) is 0. The van der Waals surface area contributed by atoms with Crippen molar-refractivity contribution in [2.45, 2.75) is 0 Å². The van der Waals surface area contributed by atoms with E-state index < -0.39 is 0 Å². The summed E-state index contributed by atoms with van der Waals surface area (Å²) in [6.45, 7) is 0. The van der Waals surface area contributed by atoms with Crippen LogP contribution in [0.3, 0.4) is 0 Å². The number of rotatable bonds is 1. The zero-order valence-corrected chi connectivity index (χ0v) is 14.7. The average molecular weight is 456 g/mol. The standard InChI is InChI=1S/C9H14N.4BrH/c1-10(2,3)9-7-5-4-6-8-9;;;;/h4-8H,1-3H3;4*1H/q+1;;;;/p-4. The summed E-state index contributed by atoms with van der Waals surface area (Å²) in [6, 6.07) is 10.5. The Labute approximate surface area is 129 Å². The quantitative estimate of drug-likeness (QED) is 0.369. The molecule has 0 spiro atoms. The monoisotopic (exact) mass is 452 g/mol. The van der Waals surface area contributed by atoms with Gasteiger partial charge in [0.2, 0.25) is 0 Å². The molecule has 0 radical (unpaired) electrons. The van der Waals surface area contributed by atoms with Gasteiger partial charge in [-0.15, -0.1) is 0 Å². The number of halogens is 4. The minimum Gasteiger partial charge on any atom is -1.00 e. The summed E-state index contributed by atoms with van der Waals surface area (Å²) in [5, 5.41) is 0. The third-order valence-electron chi connectivity index (χ3n) is 1.53. The highest BCUT2D eigenvalue weighted by atomic mass is 79.9. The van der Waals surface area contributed by atoms with Gasteiger partial charge in [-0.2, -0.15) is 0 Å². The van der Waals surface area contributed by atoms with E-state index in [1.165, 1.54) is 5.69 Å². The first kappa shape index (κ1) is 24.4. The van der Waals surface area contributed by atoms with Crippen LogP contribution in [0.4, 0.5) is 5.69 Å². The Morgan fingerprint density at radius 3 is 1.29 bits per heavy atom. The number of nitrogens with zero attached hydrogens (tertiary/aromatic N) is 1. The van der Waals surface area contributed by atoms with Gasteiger partial charge in [-0.3, -0.25) is 4.48 Å². The molecular weight excluding hydrogens is 442 g/mol. The molecule has 1 aromatic rings. The van der Waals surface area contributed by atoms with E-state index in [9.17, 15) is 0 Å². The van der Waals surface area contributed by atoms with Crippen LogP contribution in [0.15, 0.2) is 30.3 Å². The molecule has 0 amide bonds. The highest BCUT2D eigenvalue weighted by molar-refractivity contribution is 5.40. The Bertz CT molecular complexity index is 208. The maximum absolute atomic E-state index is 2.16. The van der Waals surface area contributed by atoms with Crippen molar-refractivity contribution in [3.05, 3.63) is 30.3 Å². The smallest absolute Gasteiger partial charge is 0.132 e. The van der Waals surface area contributed by atoms with E-state index in [1.807, 2.05) is 6.07 Å². The average Bonchev–Trinajstić information content (AvgIpc) is 1.88. The summed E-state index contributed by atoms with van der Waals surface area (Å²) in [5.41, 5.74) is 1.34. The topological polar surface area (TPSA) is 0 Å². The van der Waals surface area contributed by atoms with E-state index in [0.29, 0.717) is 0 Å². The number of para-hydroxylation sites is 1. The van der Waals surface area contributed by atoms with Crippen LogP contribution >= 0.6 is 0 Å². The molecule has 0 atom stereocenters. The molecule has 0 aliphatic heterocycles. The van der Waals surface area contributed by atoms with Crippen LogP contribution in [-0.4, -0.2) is 21.1 Å². The van der Waals surface area contributed by atoms with Crippen LogP contribution < -0.4 is 72.4 Å². The molecule has 0 aromatic heterocycles. The lowest BCUT2D eigenvalue weighted by molar-refractivity contribution is -0.00100. The molecule has 0 aliphatic carbocycles. The fraction of sp³-hybridized carbons (Fsp3) is 0.333. The molecule has 5 heteroatoms. The van der Waals surface area contributed by atoms with Crippen molar-refractivity contribution in [3.63, 3.8) is 0 Å². The van der Waals surface area contributed by atoms with Crippen LogP contribution in [0.25, 0.3) is 0 Å². The van der Waals surface area contributed by atoms with Gasteiger partial charge in [0.1, 0.15) is 5.69 Å². The summed E-state index contributed by atoms with van der Waals surface area (Å²) in [7, 11) is 6.49. The van der Waals surface area contributed by atoms with Crippen molar-refractivity contribution < 1.29 is 67.9 Å². The molecule has 0 fully saturated rings. The summed E-state index contributed by atoms with van der Waals surface area (Å²) in [5.74, 6) is 0. The van der Waals surface area contributed by atoms with E-state index in [2.05, 4.69) is 45.4 Å². The molecule has 0 heterocycles. The summed E-state index contributed by atoms with van der Waals surface area (Å²) in [6.07, 6.45) is 0. The zero-order chi connectivity index (χ0) is 7.61. The predicted octanol–water partition coefficient (Wildman–Crippen LogP) is -10.1. The summed E-state index contributed by atoms with van der Waals surface area (Å²) in [4.78, 5) is 0. The third kappa shape index (κ3) is 8.41. The summed E-state index contributed by atoms with van der Waals surface area (Å²) < 4.78 is 0.890. The lowest BCUT2D eigenvalue weighted by Gasteiger charge is -2.22. The van der Waals surface area contributed by atoms with E-state index in [-0.39, 0.29) is 67.9 Å². The molecular formula is C9H14Br4N-3. The van der Waals surface area contributed by atoms with Crippen LogP contribution in [0, 0.1) is 0 Å². The second-order valence-electron chi connectivity index (χ2n) is 3.35. The highest BCUT2D eigenvalue weighted by Gasteiger charge is 2.08. The largest absolute Gasteiger partial charge is 1.00 e. The Kier molecular flexibility index (Phi) is 18.5. The number of hydrogen-bond donors (Lipinski definition) is 0. The first-order valence-electron chi connectivity index (χ1n) is 3.48. The van der Waals surface area contributed by atoms with Crippen molar-refractivity contribution >= 4 is 5.69 Å². The van der Waals surface area contributed by atoms with E-state index in [1.54, 1.807) is 0 Å².